The van der Waals surface area contributed by atoms with E-state index in [2.05, 4.69) is 0 Å². The van der Waals surface area contributed by atoms with Gasteiger partial charge in [-0.1, -0.05) is 30.3 Å². The highest BCUT2D eigenvalue weighted by molar-refractivity contribution is 6.02. The summed E-state index contributed by atoms with van der Waals surface area (Å²) in [5.74, 6) is 0.367. The van der Waals surface area contributed by atoms with E-state index in [9.17, 15) is 19.5 Å². The van der Waals surface area contributed by atoms with Gasteiger partial charge in [0, 0.05) is 29.8 Å². The summed E-state index contributed by atoms with van der Waals surface area (Å²) < 4.78 is 14.4. The molecule has 4 aromatic rings. The summed E-state index contributed by atoms with van der Waals surface area (Å²) in [5, 5.41) is 10.1. The van der Waals surface area contributed by atoms with Gasteiger partial charge in [-0.2, -0.15) is 0 Å². The Kier molecular flexibility index (Phi) is 5.89. The Morgan fingerprint density at radius 3 is 2.45 bits per heavy atom. The van der Waals surface area contributed by atoms with Crippen molar-refractivity contribution < 1.29 is 19.4 Å². The quantitative estimate of drug-likeness (QED) is 0.485. The molecule has 0 atom stereocenters. The SMILES string of the molecule is COc1ccc(-c2c(C)c(=O)n(COCc3ccccc3)c(=O)n2C)c2ccn(C(=O)O)c12. The number of fused-ring (bicyclic) bond motifs is 1. The van der Waals surface area contributed by atoms with Crippen LogP contribution in [-0.4, -0.2) is 32.0 Å². The molecule has 170 valence electrons. The van der Waals surface area contributed by atoms with E-state index >= 15 is 0 Å². The Morgan fingerprint density at radius 2 is 1.79 bits per heavy atom. The molecule has 2 heterocycles. The van der Waals surface area contributed by atoms with Gasteiger partial charge in [0.1, 0.15) is 18.0 Å². The van der Waals surface area contributed by atoms with Crippen LogP contribution in [-0.2, 0) is 25.1 Å². The van der Waals surface area contributed by atoms with Crippen LogP contribution in [0.4, 0.5) is 4.79 Å². The van der Waals surface area contributed by atoms with Crippen molar-refractivity contribution in [2.75, 3.05) is 7.11 Å². The van der Waals surface area contributed by atoms with Gasteiger partial charge in [0.05, 0.1) is 19.4 Å². The molecule has 9 nitrogen and oxygen atoms in total. The largest absolute Gasteiger partial charge is 0.495 e. The molecule has 0 saturated heterocycles. The molecule has 0 aliphatic rings. The zero-order valence-corrected chi connectivity index (χ0v) is 18.4. The molecule has 33 heavy (non-hydrogen) atoms. The maximum absolute atomic E-state index is 13.1. The van der Waals surface area contributed by atoms with Crippen LogP contribution in [0.5, 0.6) is 5.75 Å². The van der Waals surface area contributed by atoms with Crippen molar-refractivity contribution in [1.29, 1.82) is 0 Å². The number of carboxylic acid groups (broad SMARTS) is 1. The molecule has 0 unspecified atom stereocenters. The fraction of sp³-hybridized carbons (Fsp3) is 0.208. The Hall–Kier alpha value is -4.11. The van der Waals surface area contributed by atoms with Gasteiger partial charge in [0.2, 0.25) is 0 Å². The molecule has 9 heteroatoms. The number of methoxy groups -OCH3 is 1. The molecule has 0 aliphatic carbocycles. The lowest BCUT2D eigenvalue weighted by molar-refractivity contribution is 0.0580. The Labute approximate surface area is 188 Å². The van der Waals surface area contributed by atoms with Crippen molar-refractivity contribution in [2.45, 2.75) is 20.3 Å². The van der Waals surface area contributed by atoms with Crippen molar-refractivity contribution in [2.24, 2.45) is 7.05 Å². The molecule has 0 saturated carbocycles. The number of hydrogen-bond donors (Lipinski definition) is 1. The molecule has 2 aromatic heterocycles. The zero-order valence-electron chi connectivity index (χ0n) is 18.4. The zero-order chi connectivity index (χ0) is 23.7. The summed E-state index contributed by atoms with van der Waals surface area (Å²) in [6, 6.07) is 14.4. The molecule has 0 spiro atoms. The number of aromatic nitrogens is 3. The first-order valence-electron chi connectivity index (χ1n) is 10.2. The standard InChI is InChI=1S/C24H23N3O6/c1-15-20(17-9-10-19(32-3)21-18(17)11-12-26(21)24(30)31)25(2)23(29)27(22(15)28)14-33-13-16-7-5-4-6-8-16/h4-12H,13-14H2,1-3H3,(H,30,31). The van der Waals surface area contributed by atoms with Crippen LogP contribution in [0.3, 0.4) is 0 Å². The minimum atomic E-state index is -1.17. The average Bonchev–Trinajstić information content (AvgIpc) is 3.27. The Morgan fingerprint density at radius 1 is 1.06 bits per heavy atom. The molecule has 0 aliphatic heterocycles. The molecule has 2 aromatic carbocycles. The van der Waals surface area contributed by atoms with Crippen LogP contribution in [0.25, 0.3) is 22.2 Å². The third kappa shape index (κ3) is 3.83. The van der Waals surface area contributed by atoms with E-state index in [-0.39, 0.29) is 13.3 Å². The lowest BCUT2D eigenvalue weighted by Crippen LogP contribution is -2.41. The number of benzene rings is 2. The van der Waals surface area contributed by atoms with Crippen LogP contribution in [0.1, 0.15) is 11.1 Å². The van der Waals surface area contributed by atoms with Crippen molar-refractivity contribution >= 4 is 17.0 Å². The van der Waals surface area contributed by atoms with Gasteiger partial charge < -0.3 is 14.6 Å². The van der Waals surface area contributed by atoms with Gasteiger partial charge in [-0.05, 0) is 30.7 Å². The van der Waals surface area contributed by atoms with E-state index < -0.39 is 17.3 Å². The highest BCUT2D eigenvalue weighted by Crippen LogP contribution is 2.35. The maximum atomic E-state index is 13.1. The second-order valence-electron chi connectivity index (χ2n) is 7.56. The molecular formula is C24H23N3O6. The third-order valence-electron chi connectivity index (χ3n) is 5.60. The molecule has 0 amide bonds. The predicted octanol–water partition coefficient (Wildman–Crippen LogP) is 3.19. The first-order valence-corrected chi connectivity index (χ1v) is 10.2. The van der Waals surface area contributed by atoms with Gasteiger partial charge >= 0.3 is 11.8 Å². The first kappa shape index (κ1) is 22.1. The molecule has 0 fully saturated rings. The van der Waals surface area contributed by atoms with E-state index in [1.165, 1.54) is 17.9 Å². The van der Waals surface area contributed by atoms with Gasteiger partial charge in [-0.15, -0.1) is 0 Å². The minimum Gasteiger partial charge on any atom is -0.495 e. The predicted molar refractivity (Wildman–Crippen MR) is 123 cm³/mol. The highest BCUT2D eigenvalue weighted by Gasteiger charge is 2.21. The van der Waals surface area contributed by atoms with Crippen LogP contribution in [0.15, 0.2) is 64.3 Å². The number of rotatable bonds is 6. The van der Waals surface area contributed by atoms with E-state index in [4.69, 9.17) is 9.47 Å². The van der Waals surface area contributed by atoms with Crippen LogP contribution >= 0.6 is 0 Å². The highest BCUT2D eigenvalue weighted by atomic mass is 16.5. The van der Waals surface area contributed by atoms with Crippen LogP contribution < -0.4 is 16.0 Å². The summed E-state index contributed by atoms with van der Waals surface area (Å²) in [6.07, 6.45) is 0.238. The molecular weight excluding hydrogens is 426 g/mol. The fourth-order valence-corrected chi connectivity index (χ4v) is 4.00. The van der Waals surface area contributed by atoms with E-state index in [0.29, 0.717) is 33.5 Å². The summed E-state index contributed by atoms with van der Waals surface area (Å²) >= 11 is 0. The van der Waals surface area contributed by atoms with Crippen molar-refractivity contribution in [3.05, 3.63) is 86.7 Å². The first-order chi connectivity index (χ1) is 15.8. The van der Waals surface area contributed by atoms with Crippen LogP contribution in [0.2, 0.25) is 0 Å². The fourth-order valence-electron chi connectivity index (χ4n) is 4.00. The van der Waals surface area contributed by atoms with Gasteiger partial charge in [0.15, 0.2) is 0 Å². The number of ether oxygens (including phenoxy) is 2. The molecule has 4 rings (SSSR count). The van der Waals surface area contributed by atoms with E-state index in [1.807, 2.05) is 30.3 Å². The van der Waals surface area contributed by atoms with E-state index in [0.717, 1.165) is 14.7 Å². The summed E-state index contributed by atoms with van der Waals surface area (Å²) in [4.78, 5) is 37.8. The van der Waals surface area contributed by atoms with Crippen molar-refractivity contribution in [1.82, 2.24) is 13.7 Å². The second kappa shape index (κ2) is 8.79. The Bertz CT molecular complexity index is 1430. The average molecular weight is 449 g/mol. The third-order valence-corrected chi connectivity index (χ3v) is 5.60. The molecule has 0 bridgehead atoms. The topological polar surface area (TPSA) is 105 Å². The smallest absolute Gasteiger partial charge is 0.416 e. The van der Waals surface area contributed by atoms with E-state index in [1.54, 1.807) is 32.2 Å². The van der Waals surface area contributed by atoms with Gasteiger partial charge in [-0.25, -0.2) is 18.7 Å². The van der Waals surface area contributed by atoms with Crippen LogP contribution in [0, 0.1) is 6.92 Å². The lowest BCUT2D eigenvalue weighted by atomic mass is 10.0. The van der Waals surface area contributed by atoms with Gasteiger partial charge in [0.25, 0.3) is 5.56 Å². The second-order valence-corrected chi connectivity index (χ2v) is 7.56. The number of nitrogens with zero attached hydrogens (tertiary/aromatic N) is 3. The number of carbonyl (C=O) groups is 1. The van der Waals surface area contributed by atoms with Crippen molar-refractivity contribution in [3.63, 3.8) is 0 Å². The normalized spacial score (nSPS) is 11.1. The molecule has 1 N–H and O–H groups in total. The molecule has 0 radical (unpaired) electrons. The van der Waals surface area contributed by atoms with Crippen molar-refractivity contribution in [3.8, 4) is 17.0 Å². The summed E-state index contributed by atoms with van der Waals surface area (Å²) in [6.45, 7) is 1.71. The number of hydrogen-bond acceptors (Lipinski definition) is 5. The summed E-state index contributed by atoms with van der Waals surface area (Å²) in [5.41, 5.74) is 1.56. The lowest BCUT2D eigenvalue weighted by Gasteiger charge is -2.17. The summed E-state index contributed by atoms with van der Waals surface area (Å²) in [7, 11) is 3.02. The Balaban J connectivity index is 1.80. The maximum Gasteiger partial charge on any atom is 0.416 e. The van der Waals surface area contributed by atoms with Gasteiger partial charge in [-0.3, -0.25) is 9.36 Å². The minimum absolute atomic E-state index is 0.186. The monoisotopic (exact) mass is 449 g/mol.